The molecule has 124 valence electrons. The molecule has 0 spiro atoms. The van der Waals surface area contributed by atoms with Crippen molar-refractivity contribution in [1.29, 1.82) is 0 Å². The minimum atomic E-state index is -0.981. The van der Waals surface area contributed by atoms with Gasteiger partial charge in [-0.05, 0) is 6.72 Å². The van der Waals surface area contributed by atoms with Crippen molar-refractivity contribution in [2.75, 3.05) is 20.3 Å². The van der Waals surface area contributed by atoms with Crippen LogP contribution in [0.4, 0.5) is 8.78 Å². The van der Waals surface area contributed by atoms with Crippen molar-refractivity contribution in [3.05, 3.63) is 46.5 Å². The molecule has 23 heavy (non-hydrogen) atoms. The van der Waals surface area contributed by atoms with Crippen LogP contribution in [0.15, 0.2) is 34.3 Å². The summed E-state index contributed by atoms with van der Waals surface area (Å²) in [4.78, 5) is 15.0. The molecule has 0 aliphatic heterocycles. The fourth-order valence-corrected chi connectivity index (χ4v) is 2.04. The number of benzene rings is 1. The second kappa shape index (κ2) is 8.44. The number of rotatable bonds is 8. The number of nitrogens with two attached hydrogens (primary N) is 1. The summed E-state index contributed by atoms with van der Waals surface area (Å²) in [5.41, 5.74) is 4.50. The van der Waals surface area contributed by atoms with Gasteiger partial charge in [-0.25, -0.2) is 8.78 Å². The minimum absolute atomic E-state index is 0.00620. The first kappa shape index (κ1) is 18.9. The molecule has 0 atom stereocenters. The Morgan fingerprint density at radius 2 is 2.04 bits per heavy atom. The molecule has 0 fully saturated rings. The summed E-state index contributed by atoms with van der Waals surface area (Å²) in [7, 11) is 1.45. The number of hydrogen-bond donors (Lipinski definition) is 2. The molecule has 1 rings (SSSR count). The van der Waals surface area contributed by atoms with E-state index in [1.54, 1.807) is 0 Å². The van der Waals surface area contributed by atoms with Gasteiger partial charge in [0.15, 0.2) is 0 Å². The molecular weight excluding hydrogens is 326 g/mol. The number of nitrogens with zero attached hydrogens (tertiary/aromatic N) is 1. The summed E-state index contributed by atoms with van der Waals surface area (Å²) in [5.74, 6) is -2.95. The van der Waals surface area contributed by atoms with Crippen molar-refractivity contribution in [2.24, 2.45) is 10.7 Å². The first-order chi connectivity index (χ1) is 10.8. The Hall–Kier alpha value is -2.19. The van der Waals surface area contributed by atoms with Crippen LogP contribution in [-0.2, 0) is 9.53 Å². The fraction of sp³-hybridized carbons (Fsp3) is 0.200. The molecule has 0 saturated heterocycles. The Balaban J connectivity index is 3.62. The average molecular weight is 342 g/mol. The third-order valence-electron chi connectivity index (χ3n) is 2.73. The second-order valence-electron chi connectivity index (χ2n) is 4.29. The Morgan fingerprint density at radius 3 is 2.52 bits per heavy atom. The van der Waals surface area contributed by atoms with Crippen LogP contribution in [0.2, 0.25) is 0 Å². The molecule has 0 aliphatic carbocycles. The molecule has 1 aromatic rings. The van der Waals surface area contributed by atoms with Crippen molar-refractivity contribution >= 4 is 30.8 Å². The molecule has 0 bridgehead atoms. The van der Waals surface area contributed by atoms with Gasteiger partial charge in [0.05, 0.1) is 12.2 Å². The predicted octanol–water partition coefficient (Wildman–Crippen LogP) is 2.33. The maximum atomic E-state index is 14.3. The number of thiol groups is 1. The van der Waals surface area contributed by atoms with Crippen LogP contribution >= 0.6 is 12.6 Å². The standard InChI is InChI=1S/C15H16F2N2O3S/c1-8(23)12(14(19-2)15(18)20)13-10(17)6-9(16)7-11(13)22-5-4-21-3/h6-7,23H,1-2,4-5H2,3H3,(H2,18,20)/b14-12+. The third-order valence-corrected chi connectivity index (χ3v) is 2.95. The largest absolute Gasteiger partial charge is 0.490 e. The number of carbonyl (C=O) groups is 1. The summed E-state index contributed by atoms with van der Waals surface area (Å²) in [6, 6.07) is 1.60. The van der Waals surface area contributed by atoms with Gasteiger partial charge >= 0.3 is 0 Å². The van der Waals surface area contributed by atoms with Gasteiger partial charge in [-0.2, -0.15) is 0 Å². The van der Waals surface area contributed by atoms with E-state index in [0.717, 1.165) is 6.07 Å². The number of hydrogen-bond acceptors (Lipinski definition) is 5. The Bertz CT molecular complexity index is 675. The zero-order valence-electron chi connectivity index (χ0n) is 12.4. The van der Waals surface area contributed by atoms with E-state index >= 15 is 0 Å². The molecular formula is C15H16F2N2O3S. The van der Waals surface area contributed by atoms with Gasteiger partial charge in [0.2, 0.25) is 0 Å². The molecule has 8 heteroatoms. The summed E-state index contributed by atoms with van der Waals surface area (Å²) in [5, 5.41) is 0. The van der Waals surface area contributed by atoms with Crippen LogP contribution in [0.1, 0.15) is 5.56 Å². The van der Waals surface area contributed by atoms with Gasteiger partial charge in [0.25, 0.3) is 5.91 Å². The minimum Gasteiger partial charge on any atom is -0.490 e. The highest BCUT2D eigenvalue weighted by atomic mass is 32.1. The van der Waals surface area contributed by atoms with E-state index in [2.05, 4.69) is 30.9 Å². The Labute approximate surface area is 137 Å². The average Bonchev–Trinajstić information content (AvgIpc) is 2.45. The second-order valence-corrected chi connectivity index (χ2v) is 4.83. The number of carbonyl (C=O) groups excluding carboxylic acids is 1. The van der Waals surface area contributed by atoms with Crippen molar-refractivity contribution in [3.63, 3.8) is 0 Å². The lowest BCUT2D eigenvalue weighted by Crippen LogP contribution is -2.15. The molecule has 0 aliphatic rings. The van der Waals surface area contributed by atoms with Gasteiger partial charge in [-0.15, -0.1) is 12.6 Å². The smallest absolute Gasteiger partial charge is 0.267 e. The van der Waals surface area contributed by atoms with Crippen LogP contribution in [0, 0.1) is 11.6 Å². The Kier molecular flexibility index (Phi) is 6.92. The lowest BCUT2D eigenvalue weighted by molar-refractivity contribution is -0.114. The number of primary amides is 1. The molecule has 2 N–H and O–H groups in total. The molecule has 5 nitrogen and oxygen atoms in total. The summed E-state index contributed by atoms with van der Waals surface area (Å²) >= 11 is 4.03. The first-order valence-electron chi connectivity index (χ1n) is 6.33. The molecule has 0 radical (unpaired) electrons. The van der Waals surface area contributed by atoms with Crippen LogP contribution in [0.5, 0.6) is 5.75 Å². The quantitative estimate of drug-likeness (QED) is 0.250. The van der Waals surface area contributed by atoms with Crippen molar-refractivity contribution < 1.29 is 23.0 Å². The van der Waals surface area contributed by atoms with Crippen LogP contribution in [0.3, 0.4) is 0 Å². The van der Waals surface area contributed by atoms with Crippen LogP contribution < -0.4 is 10.5 Å². The Morgan fingerprint density at radius 1 is 1.39 bits per heavy atom. The zero-order chi connectivity index (χ0) is 17.6. The molecule has 0 heterocycles. The SMILES string of the molecule is C=N/C(C(N)=O)=C(\C(=C)S)c1c(F)cc(F)cc1OCCOC. The highest BCUT2D eigenvalue weighted by molar-refractivity contribution is 7.85. The topological polar surface area (TPSA) is 73.9 Å². The molecule has 0 unspecified atom stereocenters. The predicted molar refractivity (Wildman–Crippen MR) is 87.5 cm³/mol. The number of halogens is 2. The lowest BCUT2D eigenvalue weighted by atomic mass is 10.0. The first-order valence-corrected chi connectivity index (χ1v) is 6.78. The third kappa shape index (κ3) is 4.64. The summed E-state index contributed by atoms with van der Waals surface area (Å²) in [6.07, 6.45) is 0. The van der Waals surface area contributed by atoms with Gasteiger partial charge in [0, 0.05) is 29.7 Å². The van der Waals surface area contributed by atoms with Gasteiger partial charge < -0.3 is 15.2 Å². The molecule has 1 amide bonds. The normalized spacial score (nSPS) is 11.7. The fourth-order valence-electron chi connectivity index (χ4n) is 1.82. The van der Waals surface area contributed by atoms with E-state index in [4.69, 9.17) is 15.2 Å². The lowest BCUT2D eigenvalue weighted by Gasteiger charge is -2.16. The monoisotopic (exact) mass is 342 g/mol. The van der Waals surface area contributed by atoms with Crippen LogP contribution in [0.25, 0.3) is 5.57 Å². The zero-order valence-corrected chi connectivity index (χ0v) is 13.3. The molecule has 0 saturated carbocycles. The number of methoxy groups -OCH3 is 1. The van der Waals surface area contributed by atoms with E-state index in [0.29, 0.717) is 6.07 Å². The van der Waals surface area contributed by atoms with E-state index in [1.807, 2.05) is 0 Å². The van der Waals surface area contributed by atoms with Gasteiger partial charge in [-0.1, -0.05) is 6.58 Å². The van der Waals surface area contributed by atoms with Crippen LogP contribution in [-0.4, -0.2) is 32.9 Å². The molecule has 0 aromatic heterocycles. The van der Waals surface area contributed by atoms with Crippen molar-refractivity contribution in [1.82, 2.24) is 0 Å². The van der Waals surface area contributed by atoms with E-state index in [1.165, 1.54) is 7.11 Å². The highest BCUT2D eigenvalue weighted by Crippen LogP contribution is 2.37. The van der Waals surface area contributed by atoms with Crippen molar-refractivity contribution in [3.8, 4) is 5.75 Å². The number of ether oxygens (including phenoxy) is 2. The van der Waals surface area contributed by atoms with Gasteiger partial charge in [-0.3, -0.25) is 9.79 Å². The summed E-state index contributed by atoms with van der Waals surface area (Å²) < 4.78 is 37.9. The highest BCUT2D eigenvalue weighted by Gasteiger charge is 2.23. The molecule has 1 aromatic carbocycles. The maximum Gasteiger partial charge on any atom is 0.267 e. The van der Waals surface area contributed by atoms with Gasteiger partial charge in [0.1, 0.15) is 29.7 Å². The van der Waals surface area contributed by atoms with E-state index in [-0.39, 0.29) is 40.7 Å². The number of allylic oxidation sites excluding steroid dienone is 1. The van der Waals surface area contributed by atoms with E-state index in [9.17, 15) is 13.6 Å². The summed E-state index contributed by atoms with van der Waals surface area (Å²) in [6.45, 7) is 7.01. The number of amides is 1. The number of aliphatic imine (C=N–C) groups is 1. The van der Waals surface area contributed by atoms with Crippen molar-refractivity contribution in [2.45, 2.75) is 0 Å². The van der Waals surface area contributed by atoms with E-state index < -0.39 is 17.5 Å². The maximum absolute atomic E-state index is 14.3.